The minimum atomic E-state index is -0.182. The lowest BCUT2D eigenvalue weighted by Crippen LogP contribution is -2.30. The number of rotatable bonds is 14. The number of amides is 2. The molecular formula is C34H40N4O2. The SMILES string of the molecule is CCCCCCCCN1C(=O)/C(=C2/C(=O)N(CCCCCCCC)c3cc(C#N)ccc32)c2ccc(C#N)cc21. The molecule has 0 bridgehead atoms. The number of nitriles is 2. The summed E-state index contributed by atoms with van der Waals surface area (Å²) in [6, 6.07) is 15.0. The zero-order valence-corrected chi connectivity index (χ0v) is 24.0. The average Bonchev–Trinajstić information content (AvgIpc) is 3.40. The normalized spacial score (nSPS) is 15.8. The van der Waals surface area contributed by atoms with Gasteiger partial charge in [0, 0.05) is 24.2 Å². The molecule has 2 aromatic carbocycles. The minimum absolute atomic E-state index is 0.182. The lowest BCUT2D eigenvalue weighted by molar-refractivity contribution is -0.114. The van der Waals surface area contributed by atoms with E-state index >= 15 is 0 Å². The fraction of sp³-hybridized carbons (Fsp3) is 0.471. The van der Waals surface area contributed by atoms with E-state index < -0.39 is 0 Å². The van der Waals surface area contributed by atoms with Crippen molar-refractivity contribution in [3.8, 4) is 12.1 Å². The molecule has 2 aliphatic heterocycles. The summed E-state index contributed by atoms with van der Waals surface area (Å²) >= 11 is 0. The van der Waals surface area contributed by atoms with Crippen molar-refractivity contribution in [2.24, 2.45) is 0 Å². The molecule has 2 amide bonds. The second-order valence-electron chi connectivity index (χ2n) is 10.9. The van der Waals surface area contributed by atoms with Crippen LogP contribution in [0.25, 0.3) is 11.1 Å². The Labute approximate surface area is 238 Å². The molecule has 0 unspecified atom stereocenters. The number of hydrogen-bond acceptors (Lipinski definition) is 4. The first kappa shape index (κ1) is 29.1. The molecule has 0 atom stereocenters. The molecule has 6 heteroatoms. The Bertz CT molecular complexity index is 1260. The molecule has 40 heavy (non-hydrogen) atoms. The monoisotopic (exact) mass is 536 g/mol. The van der Waals surface area contributed by atoms with Crippen LogP contribution in [-0.2, 0) is 9.59 Å². The Hall–Kier alpha value is -3.90. The van der Waals surface area contributed by atoms with Gasteiger partial charge in [-0.05, 0) is 37.1 Å². The maximum absolute atomic E-state index is 14.0. The van der Waals surface area contributed by atoms with Crippen LogP contribution >= 0.6 is 0 Å². The predicted octanol–water partition coefficient (Wildman–Crippen LogP) is 7.75. The second-order valence-corrected chi connectivity index (χ2v) is 10.9. The van der Waals surface area contributed by atoms with Crippen LogP contribution < -0.4 is 9.80 Å². The summed E-state index contributed by atoms with van der Waals surface area (Å²) in [5, 5.41) is 19.1. The van der Waals surface area contributed by atoms with E-state index in [1.165, 1.54) is 38.5 Å². The Morgan fingerprint density at radius 1 is 0.575 bits per heavy atom. The first-order valence-electron chi connectivity index (χ1n) is 15.0. The number of hydrogen-bond donors (Lipinski definition) is 0. The molecule has 0 saturated heterocycles. The number of fused-ring (bicyclic) bond motifs is 2. The molecule has 2 aliphatic rings. The van der Waals surface area contributed by atoms with Gasteiger partial charge in [0.15, 0.2) is 0 Å². The number of nitrogens with zero attached hydrogens (tertiary/aromatic N) is 4. The number of unbranched alkanes of at least 4 members (excludes halogenated alkanes) is 10. The van der Waals surface area contributed by atoms with Crippen LogP contribution in [-0.4, -0.2) is 24.9 Å². The third-order valence-electron chi connectivity index (χ3n) is 8.01. The highest BCUT2D eigenvalue weighted by Crippen LogP contribution is 2.47. The van der Waals surface area contributed by atoms with Gasteiger partial charge in [0.2, 0.25) is 0 Å². The standard InChI is InChI=1S/C34H40N4O2/c1-3-5-7-9-11-13-19-37-29-21-25(23-35)15-17-27(29)31(33(37)39)32-28-18-16-26(24-36)22-30(28)38(34(32)40)20-14-12-10-8-6-4-2/h15-18,21-22H,3-14,19-20H2,1-2H3/b32-31+. The van der Waals surface area contributed by atoms with Crippen molar-refractivity contribution in [2.75, 3.05) is 22.9 Å². The van der Waals surface area contributed by atoms with E-state index in [4.69, 9.17) is 0 Å². The maximum Gasteiger partial charge on any atom is 0.259 e. The smallest absolute Gasteiger partial charge is 0.259 e. The summed E-state index contributed by atoms with van der Waals surface area (Å²) in [5.74, 6) is -0.363. The van der Waals surface area contributed by atoms with Crippen molar-refractivity contribution < 1.29 is 9.59 Å². The largest absolute Gasteiger partial charge is 0.308 e. The molecule has 208 valence electrons. The Kier molecular flexibility index (Phi) is 10.1. The van der Waals surface area contributed by atoms with E-state index in [0.717, 1.165) is 38.5 Å². The van der Waals surface area contributed by atoms with Crippen LogP contribution in [0, 0.1) is 22.7 Å². The van der Waals surface area contributed by atoms with E-state index in [-0.39, 0.29) is 11.8 Å². The van der Waals surface area contributed by atoms with Crippen LogP contribution in [0.4, 0.5) is 11.4 Å². The van der Waals surface area contributed by atoms with Crippen LogP contribution in [0.2, 0.25) is 0 Å². The predicted molar refractivity (Wildman–Crippen MR) is 161 cm³/mol. The molecule has 0 N–H and O–H groups in total. The second kappa shape index (κ2) is 13.9. The summed E-state index contributed by atoms with van der Waals surface area (Å²) in [6.45, 7) is 5.50. The first-order chi connectivity index (χ1) is 19.5. The summed E-state index contributed by atoms with van der Waals surface area (Å²) in [4.78, 5) is 31.6. The molecule has 0 radical (unpaired) electrons. The summed E-state index contributed by atoms with van der Waals surface area (Å²) in [7, 11) is 0. The highest BCUT2D eigenvalue weighted by atomic mass is 16.2. The third kappa shape index (κ3) is 6.13. The van der Waals surface area contributed by atoms with Crippen LogP contribution in [0.1, 0.15) is 113 Å². The molecule has 0 aliphatic carbocycles. The quantitative estimate of drug-likeness (QED) is 0.182. The Balaban J connectivity index is 1.68. The van der Waals surface area contributed by atoms with Gasteiger partial charge in [-0.15, -0.1) is 0 Å². The highest BCUT2D eigenvalue weighted by Gasteiger charge is 2.42. The van der Waals surface area contributed by atoms with Crippen molar-refractivity contribution in [2.45, 2.75) is 90.9 Å². The van der Waals surface area contributed by atoms with Gasteiger partial charge < -0.3 is 9.80 Å². The molecular weight excluding hydrogens is 496 g/mol. The van der Waals surface area contributed by atoms with Crippen molar-refractivity contribution >= 4 is 34.3 Å². The topological polar surface area (TPSA) is 88.2 Å². The molecule has 0 aromatic heterocycles. The van der Waals surface area contributed by atoms with E-state index in [2.05, 4.69) is 26.0 Å². The number of anilines is 2. The molecule has 4 rings (SSSR count). The van der Waals surface area contributed by atoms with E-state index in [9.17, 15) is 20.1 Å². The van der Waals surface area contributed by atoms with Gasteiger partial charge in [0.05, 0.1) is 45.8 Å². The number of carbonyl (C=O) groups is 2. The number of carbonyl (C=O) groups excluding carboxylic acids is 2. The molecule has 2 aromatic rings. The Morgan fingerprint density at radius 2 is 0.950 bits per heavy atom. The van der Waals surface area contributed by atoms with Crippen LogP contribution in [0.5, 0.6) is 0 Å². The zero-order chi connectivity index (χ0) is 28.5. The highest BCUT2D eigenvalue weighted by molar-refractivity contribution is 6.49. The fourth-order valence-electron chi connectivity index (χ4n) is 5.82. The molecule has 0 fully saturated rings. The van der Waals surface area contributed by atoms with Gasteiger partial charge in [0.1, 0.15) is 0 Å². The molecule has 6 nitrogen and oxygen atoms in total. The molecule has 2 heterocycles. The van der Waals surface area contributed by atoms with Gasteiger partial charge in [-0.25, -0.2) is 0 Å². The Morgan fingerprint density at radius 3 is 1.32 bits per heavy atom. The van der Waals surface area contributed by atoms with E-state index in [1.54, 1.807) is 34.1 Å². The molecule has 0 saturated carbocycles. The van der Waals surface area contributed by atoms with Crippen molar-refractivity contribution in [1.82, 2.24) is 0 Å². The van der Waals surface area contributed by atoms with E-state index in [1.807, 2.05) is 12.1 Å². The van der Waals surface area contributed by atoms with Crippen molar-refractivity contribution in [3.63, 3.8) is 0 Å². The molecule has 0 spiro atoms. The van der Waals surface area contributed by atoms with Gasteiger partial charge in [0.25, 0.3) is 11.8 Å². The van der Waals surface area contributed by atoms with Gasteiger partial charge in [-0.2, -0.15) is 10.5 Å². The van der Waals surface area contributed by atoms with Crippen molar-refractivity contribution in [3.05, 3.63) is 58.7 Å². The lowest BCUT2D eigenvalue weighted by atomic mass is 9.95. The first-order valence-corrected chi connectivity index (χ1v) is 15.0. The summed E-state index contributed by atoms with van der Waals surface area (Å²) in [5.41, 5.74) is 4.62. The van der Waals surface area contributed by atoms with Gasteiger partial charge >= 0.3 is 0 Å². The third-order valence-corrected chi connectivity index (χ3v) is 8.01. The average molecular weight is 537 g/mol. The lowest BCUT2D eigenvalue weighted by Gasteiger charge is -2.18. The van der Waals surface area contributed by atoms with Gasteiger partial charge in [-0.3, -0.25) is 9.59 Å². The zero-order valence-electron chi connectivity index (χ0n) is 24.0. The van der Waals surface area contributed by atoms with Crippen LogP contribution in [0.3, 0.4) is 0 Å². The maximum atomic E-state index is 14.0. The summed E-state index contributed by atoms with van der Waals surface area (Å²) < 4.78 is 0. The van der Waals surface area contributed by atoms with Crippen molar-refractivity contribution in [1.29, 1.82) is 10.5 Å². The fourth-order valence-corrected chi connectivity index (χ4v) is 5.82. The minimum Gasteiger partial charge on any atom is -0.308 e. The van der Waals surface area contributed by atoms with Crippen LogP contribution in [0.15, 0.2) is 36.4 Å². The van der Waals surface area contributed by atoms with Gasteiger partial charge in [-0.1, -0.05) is 90.2 Å². The summed E-state index contributed by atoms with van der Waals surface area (Å²) in [6.07, 6.45) is 13.3. The van der Waals surface area contributed by atoms with E-state index in [0.29, 0.717) is 57.9 Å². The number of benzene rings is 2.